The van der Waals surface area contributed by atoms with Crippen molar-refractivity contribution >= 4 is 18.5 Å². The summed E-state index contributed by atoms with van der Waals surface area (Å²) in [6, 6.07) is 0. The SMILES string of the molecule is CCC(=O)NCCCOCS. The molecule has 3 nitrogen and oxygen atoms in total. The van der Waals surface area contributed by atoms with E-state index in [4.69, 9.17) is 4.74 Å². The molecular formula is C7H15NO2S. The molecule has 0 spiro atoms. The molecule has 1 N–H and O–H groups in total. The average Bonchev–Trinajstić information content (AvgIpc) is 2.04. The monoisotopic (exact) mass is 177 g/mol. The van der Waals surface area contributed by atoms with Crippen molar-refractivity contribution in [2.45, 2.75) is 19.8 Å². The third-order valence-electron chi connectivity index (χ3n) is 1.20. The first kappa shape index (κ1) is 10.8. The first-order valence-electron chi connectivity index (χ1n) is 3.76. The molecule has 1 amide bonds. The van der Waals surface area contributed by atoms with Crippen LogP contribution in [0.4, 0.5) is 0 Å². The Morgan fingerprint density at radius 3 is 2.91 bits per heavy atom. The van der Waals surface area contributed by atoms with Gasteiger partial charge in [0, 0.05) is 19.6 Å². The van der Waals surface area contributed by atoms with Crippen LogP contribution in [-0.2, 0) is 9.53 Å². The number of nitrogens with one attached hydrogen (secondary N) is 1. The second-order valence-corrected chi connectivity index (χ2v) is 2.35. The zero-order valence-electron chi connectivity index (χ0n) is 6.80. The van der Waals surface area contributed by atoms with Gasteiger partial charge in [-0.05, 0) is 6.42 Å². The second kappa shape index (κ2) is 7.88. The van der Waals surface area contributed by atoms with Crippen molar-refractivity contribution in [1.29, 1.82) is 0 Å². The smallest absolute Gasteiger partial charge is 0.219 e. The van der Waals surface area contributed by atoms with Crippen molar-refractivity contribution in [3.05, 3.63) is 0 Å². The molecule has 0 unspecified atom stereocenters. The van der Waals surface area contributed by atoms with E-state index >= 15 is 0 Å². The number of hydrogen-bond acceptors (Lipinski definition) is 3. The fraction of sp³-hybridized carbons (Fsp3) is 0.857. The molecule has 0 aromatic carbocycles. The Hall–Kier alpha value is -0.220. The lowest BCUT2D eigenvalue weighted by atomic mass is 10.4. The van der Waals surface area contributed by atoms with E-state index in [1.807, 2.05) is 6.92 Å². The van der Waals surface area contributed by atoms with E-state index in [1.54, 1.807) is 0 Å². The summed E-state index contributed by atoms with van der Waals surface area (Å²) >= 11 is 3.87. The minimum atomic E-state index is 0.0934. The maximum absolute atomic E-state index is 10.7. The van der Waals surface area contributed by atoms with Crippen molar-refractivity contribution in [1.82, 2.24) is 5.32 Å². The first-order valence-corrected chi connectivity index (χ1v) is 4.39. The van der Waals surface area contributed by atoms with Gasteiger partial charge in [0.05, 0.1) is 5.94 Å². The quantitative estimate of drug-likeness (QED) is 0.358. The lowest BCUT2D eigenvalue weighted by Gasteiger charge is -2.02. The summed E-state index contributed by atoms with van der Waals surface area (Å²) < 4.78 is 4.96. The van der Waals surface area contributed by atoms with Crippen molar-refractivity contribution in [3.63, 3.8) is 0 Å². The lowest BCUT2D eigenvalue weighted by molar-refractivity contribution is -0.120. The van der Waals surface area contributed by atoms with Gasteiger partial charge in [-0.2, -0.15) is 12.6 Å². The molecule has 0 bridgehead atoms. The highest BCUT2D eigenvalue weighted by Gasteiger charge is 1.93. The predicted molar refractivity (Wildman–Crippen MR) is 47.7 cm³/mol. The number of rotatable bonds is 6. The Kier molecular flexibility index (Phi) is 7.72. The molecular weight excluding hydrogens is 162 g/mol. The highest BCUT2D eigenvalue weighted by molar-refractivity contribution is 7.80. The molecule has 0 heterocycles. The third kappa shape index (κ3) is 7.68. The molecule has 0 aliphatic heterocycles. The largest absolute Gasteiger partial charge is 0.371 e. The van der Waals surface area contributed by atoms with Crippen molar-refractivity contribution in [3.8, 4) is 0 Å². The number of carbonyl (C=O) groups is 1. The summed E-state index contributed by atoms with van der Waals surface area (Å²) in [5.41, 5.74) is 0. The molecule has 0 aliphatic carbocycles. The fourth-order valence-electron chi connectivity index (χ4n) is 0.592. The zero-order valence-corrected chi connectivity index (χ0v) is 7.69. The van der Waals surface area contributed by atoms with Crippen LogP contribution < -0.4 is 5.32 Å². The van der Waals surface area contributed by atoms with E-state index in [-0.39, 0.29) is 5.91 Å². The summed E-state index contributed by atoms with van der Waals surface area (Å²) in [6.07, 6.45) is 1.40. The summed E-state index contributed by atoms with van der Waals surface area (Å²) in [5, 5.41) is 2.75. The summed E-state index contributed by atoms with van der Waals surface area (Å²) in [5.74, 6) is 0.540. The normalized spacial score (nSPS) is 9.64. The Morgan fingerprint density at radius 1 is 1.64 bits per heavy atom. The molecule has 0 aromatic heterocycles. The Bertz CT molecular complexity index is 109. The summed E-state index contributed by atoms with van der Waals surface area (Å²) in [6.45, 7) is 3.19. The highest BCUT2D eigenvalue weighted by atomic mass is 32.1. The molecule has 11 heavy (non-hydrogen) atoms. The Labute approximate surface area is 72.9 Å². The minimum absolute atomic E-state index is 0.0934. The minimum Gasteiger partial charge on any atom is -0.371 e. The highest BCUT2D eigenvalue weighted by Crippen LogP contribution is 1.83. The standard InChI is InChI=1S/C7H15NO2S/c1-2-7(9)8-4-3-5-10-6-11/h11H,2-6H2,1H3,(H,8,9). The van der Waals surface area contributed by atoms with Crippen LogP contribution in [-0.4, -0.2) is 25.0 Å². The topological polar surface area (TPSA) is 38.3 Å². The van der Waals surface area contributed by atoms with Gasteiger partial charge in [-0.25, -0.2) is 0 Å². The Morgan fingerprint density at radius 2 is 2.36 bits per heavy atom. The van der Waals surface area contributed by atoms with E-state index in [0.717, 1.165) is 6.42 Å². The molecule has 0 atom stereocenters. The van der Waals surface area contributed by atoms with Gasteiger partial charge in [-0.1, -0.05) is 6.92 Å². The van der Waals surface area contributed by atoms with Gasteiger partial charge in [0.2, 0.25) is 5.91 Å². The molecule has 0 saturated heterocycles. The second-order valence-electron chi connectivity index (χ2n) is 2.09. The van der Waals surface area contributed by atoms with Gasteiger partial charge >= 0.3 is 0 Å². The van der Waals surface area contributed by atoms with E-state index in [0.29, 0.717) is 25.5 Å². The lowest BCUT2D eigenvalue weighted by Crippen LogP contribution is -2.24. The first-order chi connectivity index (χ1) is 5.31. The van der Waals surface area contributed by atoms with E-state index in [9.17, 15) is 4.79 Å². The maximum atomic E-state index is 10.7. The molecule has 4 heteroatoms. The van der Waals surface area contributed by atoms with Crippen LogP contribution in [0.1, 0.15) is 19.8 Å². The predicted octanol–water partition coefficient (Wildman–Crippen LogP) is 0.807. The number of hydrogen-bond donors (Lipinski definition) is 2. The molecule has 0 aliphatic rings. The Balaban J connectivity index is 2.95. The van der Waals surface area contributed by atoms with Crippen LogP contribution in [0.25, 0.3) is 0 Å². The van der Waals surface area contributed by atoms with Crippen molar-refractivity contribution < 1.29 is 9.53 Å². The number of carbonyl (C=O) groups excluding carboxylic acids is 1. The third-order valence-corrected chi connectivity index (χ3v) is 1.38. The molecule has 0 fully saturated rings. The van der Waals surface area contributed by atoms with Gasteiger partial charge in [0.1, 0.15) is 0 Å². The average molecular weight is 177 g/mol. The van der Waals surface area contributed by atoms with Crippen molar-refractivity contribution in [2.24, 2.45) is 0 Å². The van der Waals surface area contributed by atoms with Crippen LogP contribution in [0.2, 0.25) is 0 Å². The summed E-state index contributed by atoms with van der Waals surface area (Å²) in [4.78, 5) is 10.7. The molecule has 66 valence electrons. The molecule has 0 rings (SSSR count). The van der Waals surface area contributed by atoms with E-state index in [1.165, 1.54) is 0 Å². The number of amides is 1. The molecule has 0 radical (unpaired) electrons. The molecule has 0 aromatic rings. The van der Waals surface area contributed by atoms with Crippen LogP contribution in [0, 0.1) is 0 Å². The van der Waals surface area contributed by atoms with Gasteiger partial charge in [0.15, 0.2) is 0 Å². The van der Waals surface area contributed by atoms with Gasteiger partial charge < -0.3 is 10.1 Å². The number of ether oxygens (including phenoxy) is 1. The van der Waals surface area contributed by atoms with E-state index in [2.05, 4.69) is 17.9 Å². The maximum Gasteiger partial charge on any atom is 0.219 e. The van der Waals surface area contributed by atoms with Crippen LogP contribution in [0.15, 0.2) is 0 Å². The number of thiol groups is 1. The van der Waals surface area contributed by atoms with Gasteiger partial charge in [-0.15, -0.1) is 0 Å². The van der Waals surface area contributed by atoms with Gasteiger partial charge in [0.25, 0.3) is 0 Å². The van der Waals surface area contributed by atoms with Gasteiger partial charge in [-0.3, -0.25) is 4.79 Å². The fourth-order valence-corrected chi connectivity index (χ4v) is 0.721. The zero-order chi connectivity index (χ0) is 8.53. The van der Waals surface area contributed by atoms with Crippen LogP contribution in [0.5, 0.6) is 0 Å². The van der Waals surface area contributed by atoms with E-state index < -0.39 is 0 Å². The molecule has 0 saturated carbocycles. The summed E-state index contributed by atoms with van der Waals surface area (Å²) in [7, 11) is 0. The van der Waals surface area contributed by atoms with Crippen LogP contribution >= 0.6 is 12.6 Å². The van der Waals surface area contributed by atoms with Crippen molar-refractivity contribution in [2.75, 3.05) is 19.1 Å². The van der Waals surface area contributed by atoms with Crippen LogP contribution in [0.3, 0.4) is 0 Å².